The Kier molecular flexibility index (Phi) is 7.12. The first-order valence-electron chi connectivity index (χ1n) is 21.6. The quantitative estimate of drug-likeness (QED) is 0.175. The zero-order valence-electron chi connectivity index (χ0n) is 34.5. The molecular formula is C57H41N5. The van der Waals surface area contributed by atoms with Gasteiger partial charge in [-0.1, -0.05) is 121 Å². The molecule has 0 fully saturated rings. The van der Waals surface area contributed by atoms with Crippen LogP contribution in [-0.4, -0.2) is 18.3 Å². The monoisotopic (exact) mass is 795 g/mol. The third-order valence-electron chi connectivity index (χ3n) is 14.0. The fourth-order valence-corrected chi connectivity index (χ4v) is 11.4. The van der Waals surface area contributed by atoms with Crippen molar-refractivity contribution >= 4 is 65.4 Å². The number of hydrogen-bond donors (Lipinski definition) is 0. The van der Waals surface area contributed by atoms with Crippen molar-refractivity contribution in [2.45, 2.75) is 37.6 Å². The van der Waals surface area contributed by atoms with Gasteiger partial charge in [0.1, 0.15) is 0 Å². The van der Waals surface area contributed by atoms with Gasteiger partial charge in [-0.3, -0.25) is 0 Å². The zero-order chi connectivity index (χ0) is 41.3. The second-order valence-corrected chi connectivity index (χ2v) is 17.6. The molecule has 5 heteroatoms. The van der Waals surface area contributed by atoms with Gasteiger partial charge in [-0.05, 0) is 99.0 Å². The van der Waals surface area contributed by atoms with Gasteiger partial charge in [0.2, 0.25) is 0 Å². The van der Waals surface area contributed by atoms with E-state index in [0.29, 0.717) is 6.42 Å². The number of allylic oxidation sites excluding steroid dienone is 4. The number of para-hydroxylation sites is 5. The Morgan fingerprint density at radius 1 is 0.516 bits per heavy atom. The van der Waals surface area contributed by atoms with E-state index < -0.39 is 5.41 Å². The molecule has 2 aliphatic rings. The van der Waals surface area contributed by atoms with Crippen molar-refractivity contribution in [3.8, 4) is 34.4 Å². The highest BCUT2D eigenvalue weighted by atomic mass is 15.1. The predicted octanol–water partition coefficient (Wildman–Crippen LogP) is 14.0. The average Bonchev–Trinajstić information content (AvgIpc) is 4.05. The van der Waals surface area contributed by atoms with Gasteiger partial charge in [-0.2, -0.15) is 5.26 Å². The summed E-state index contributed by atoms with van der Waals surface area (Å²) in [5, 5.41) is 18.7. The maximum Gasteiger partial charge on any atom is 0.0997 e. The van der Waals surface area contributed by atoms with Crippen molar-refractivity contribution in [1.82, 2.24) is 18.3 Å². The van der Waals surface area contributed by atoms with E-state index in [4.69, 9.17) is 0 Å². The van der Waals surface area contributed by atoms with Gasteiger partial charge in [0.05, 0.1) is 61.5 Å². The Morgan fingerprint density at radius 3 is 1.82 bits per heavy atom. The molecule has 0 bridgehead atoms. The minimum atomic E-state index is -0.824. The topological polar surface area (TPSA) is 43.5 Å². The summed E-state index contributed by atoms with van der Waals surface area (Å²) in [7, 11) is 0. The number of nitriles is 1. The largest absolute Gasteiger partial charge is 0.331 e. The Labute approximate surface area is 358 Å². The molecule has 2 unspecified atom stereocenters. The molecule has 0 saturated carbocycles. The van der Waals surface area contributed by atoms with Crippen molar-refractivity contribution < 1.29 is 0 Å². The van der Waals surface area contributed by atoms with Crippen LogP contribution < -0.4 is 0 Å². The average molecular weight is 796 g/mol. The normalized spacial score (nSPS) is 18.3. The van der Waals surface area contributed by atoms with Gasteiger partial charge in [0.15, 0.2) is 0 Å². The Bertz CT molecular complexity index is 3790. The second-order valence-electron chi connectivity index (χ2n) is 17.6. The standard InChI is InChI=1S/C57H41N5/c1-56(36-58)35-45-41-23-11-14-26-47(41)60(38-20-8-4-9-21-38)54(45)52-43-24-12-15-27-48(43)61(55(52)56)39-28-30-49-44(34-39)51-50(62(49)57(2)32-16-5-17-33-57)31-29-42-40-22-10-13-25-46(40)59(53(42)51)37-18-6-3-7-19-37/h3-32,34H,33,35H2,1-2H3. The zero-order valence-corrected chi connectivity index (χ0v) is 34.5. The van der Waals surface area contributed by atoms with Crippen LogP contribution in [0.2, 0.25) is 0 Å². The Balaban J connectivity index is 1.19. The highest BCUT2D eigenvalue weighted by Crippen LogP contribution is 2.53. The van der Waals surface area contributed by atoms with Crippen molar-refractivity contribution in [1.29, 1.82) is 5.26 Å². The van der Waals surface area contributed by atoms with Crippen molar-refractivity contribution in [3.63, 3.8) is 0 Å². The fraction of sp³-hybridized carbons (Fsp3) is 0.105. The molecule has 11 aromatic rings. The first-order valence-corrected chi connectivity index (χ1v) is 21.6. The lowest BCUT2D eigenvalue weighted by Gasteiger charge is -2.31. The van der Waals surface area contributed by atoms with Gasteiger partial charge >= 0.3 is 0 Å². The summed E-state index contributed by atoms with van der Waals surface area (Å²) in [4.78, 5) is 0. The maximum absolute atomic E-state index is 11.4. The first kappa shape index (κ1) is 35.0. The van der Waals surface area contributed by atoms with Crippen molar-refractivity contribution in [2.75, 3.05) is 0 Å². The number of fused-ring (bicyclic) bond motifs is 14. The summed E-state index contributed by atoms with van der Waals surface area (Å²) in [6, 6.07) is 62.4. The second kappa shape index (κ2) is 12.6. The SMILES string of the molecule is CC1(C#N)Cc2c(n(-c3ccccc3)c3ccccc23)-c2c1n(-c1ccc3c(c1)c1c4c(ccc1n3C1(C)C=CC=CC1)c1ccccc1n4-c1ccccc1)c1ccccc21. The smallest absolute Gasteiger partial charge is 0.0997 e. The molecule has 0 amide bonds. The molecule has 7 aromatic carbocycles. The maximum atomic E-state index is 11.4. The number of rotatable bonds is 4. The molecule has 0 saturated heterocycles. The lowest BCUT2D eigenvalue weighted by atomic mass is 9.74. The van der Waals surface area contributed by atoms with Crippen LogP contribution in [0.15, 0.2) is 188 Å². The first-order chi connectivity index (χ1) is 30.5. The Hall–Kier alpha value is -7.81. The molecule has 4 aromatic heterocycles. The van der Waals surface area contributed by atoms with E-state index in [1.54, 1.807) is 0 Å². The third kappa shape index (κ3) is 4.56. The van der Waals surface area contributed by atoms with Gasteiger partial charge in [-0.25, -0.2) is 0 Å². The molecule has 5 nitrogen and oxygen atoms in total. The Morgan fingerprint density at radius 2 is 1.13 bits per heavy atom. The summed E-state index contributed by atoms with van der Waals surface area (Å²) in [6.07, 6.45) is 10.5. The highest BCUT2D eigenvalue weighted by Gasteiger charge is 2.43. The van der Waals surface area contributed by atoms with Gasteiger partial charge in [0, 0.05) is 54.9 Å². The van der Waals surface area contributed by atoms with E-state index in [2.05, 4.69) is 226 Å². The molecule has 0 spiro atoms. The minimum absolute atomic E-state index is 0.284. The molecule has 2 atom stereocenters. The molecule has 0 aliphatic heterocycles. The number of nitrogens with zero attached hydrogens (tertiary/aromatic N) is 5. The number of aromatic nitrogens is 4. The van der Waals surface area contributed by atoms with Crippen LogP contribution in [-0.2, 0) is 17.4 Å². The van der Waals surface area contributed by atoms with Crippen LogP contribution in [0.25, 0.3) is 93.7 Å². The van der Waals surface area contributed by atoms with Crippen LogP contribution in [0.1, 0.15) is 31.5 Å². The van der Waals surface area contributed by atoms with E-state index in [1.807, 2.05) is 0 Å². The predicted molar refractivity (Wildman–Crippen MR) is 256 cm³/mol. The van der Waals surface area contributed by atoms with E-state index in [9.17, 15) is 5.26 Å². The van der Waals surface area contributed by atoms with Crippen LogP contribution in [0.5, 0.6) is 0 Å². The summed E-state index contributed by atoms with van der Waals surface area (Å²) in [6.45, 7) is 4.50. The molecule has 4 heterocycles. The lowest BCUT2D eigenvalue weighted by molar-refractivity contribution is 0.437. The third-order valence-corrected chi connectivity index (χ3v) is 14.0. The lowest BCUT2D eigenvalue weighted by Crippen LogP contribution is -2.30. The number of hydrogen-bond acceptors (Lipinski definition) is 1. The van der Waals surface area contributed by atoms with Crippen LogP contribution in [0.3, 0.4) is 0 Å². The van der Waals surface area contributed by atoms with Crippen molar-refractivity contribution in [3.05, 3.63) is 199 Å². The van der Waals surface area contributed by atoms with E-state index in [0.717, 1.165) is 51.2 Å². The van der Waals surface area contributed by atoms with Crippen LogP contribution >= 0.6 is 0 Å². The molecule has 294 valence electrons. The fourth-order valence-electron chi connectivity index (χ4n) is 11.4. The molecule has 13 rings (SSSR count). The van der Waals surface area contributed by atoms with E-state index in [1.165, 1.54) is 60.3 Å². The summed E-state index contributed by atoms with van der Waals surface area (Å²) < 4.78 is 9.89. The van der Waals surface area contributed by atoms with Crippen molar-refractivity contribution in [2.24, 2.45) is 0 Å². The highest BCUT2D eigenvalue weighted by molar-refractivity contribution is 6.26. The molecular weight excluding hydrogens is 755 g/mol. The van der Waals surface area contributed by atoms with Crippen LogP contribution in [0, 0.1) is 11.3 Å². The van der Waals surface area contributed by atoms with Gasteiger partial charge < -0.3 is 18.3 Å². The summed E-state index contributed by atoms with van der Waals surface area (Å²) >= 11 is 0. The summed E-state index contributed by atoms with van der Waals surface area (Å²) in [5.41, 5.74) is 13.8. The molecule has 0 N–H and O–H groups in total. The summed E-state index contributed by atoms with van der Waals surface area (Å²) in [5.74, 6) is 0. The van der Waals surface area contributed by atoms with Gasteiger partial charge in [0.25, 0.3) is 0 Å². The van der Waals surface area contributed by atoms with Crippen LogP contribution in [0.4, 0.5) is 0 Å². The van der Waals surface area contributed by atoms with E-state index >= 15 is 0 Å². The number of benzene rings is 7. The minimum Gasteiger partial charge on any atom is -0.331 e. The van der Waals surface area contributed by atoms with Gasteiger partial charge in [-0.15, -0.1) is 0 Å². The van der Waals surface area contributed by atoms with E-state index in [-0.39, 0.29) is 5.54 Å². The molecule has 62 heavy (non-hydrogen) atoms. The molecule has 2 aliphatic carbocycles. The molecule has 0 radical (unpaired) electrons.